The number of carbonyl (C=O) groups is 3. The van der Waals surface area contributed by atoms with Crippen molar-refractivity contribution in [1.29, 1.82) is 0 Å². The van der Waals surface area contributed by atoms with Gasteiger partial charge in [-0.25, -0.2) is 22.4 Å². The lowest BCUT2D eigenvalue weighted by atomic mass is 9.83. The first-order valence-corrected chi connectivity index (χ1v) is 16.4. The Hall–Kier alpha value is -4.81. The minimum Gasteiger partial charge on any atom is -0.349 e. The second-order valence-corrected chi connectivity index (χ2v) is 12.9. The number of halogens is 4. The predicted octanol–water partition coefficient (Wildman–Crippen LogP) is 6.61. The number of urea groups is 1. The van der Waals surface area contributed by atoms with E-state index in [2.05, 4.69) is 20.4 Å². The van der Waals surface area contributed by atoms with Crippen LogP contribution in [-0.4, -0.2) is 92.8 Å². The fourth-order valence-corrected chi connectivity index (χ4v) is 5.60. The third-order valence-corrected chi connectivity index (χ3v) is 8.17. The average molecular weight is 694 g/mol. The highest BCUT2D eigenvalue weighted by atomic mass is 19.2. The van der Waals surface area contributed by atoms with E-state index in [1.165, 1.54) is 24.3 Å². The fraction of sp³-hybridized carbons (Fsp3) is 0.342. The van der Waals surface area contributed by atoms with E-state index >= 15 is 0 Å². The van der Waals surface area contributed by atoms with Gasteiger partial charge < -0.3 is 25.3 Å². The van der Waals surface area contributed by atoms with Crippen LogP contribution in [0.2, 0.25) is 0 Å². The second kappa shape index (κ2) is 17.7. The van der Waals surface area contributed by atoms with Gasteiger partial charge in [0.2, 0.25) is 0 Å². The first-order valence-electron chi connectivity index (χ1n) is 16.4. The van der Waals surface area contributed by atoms with Crippen LogP contribution in [0.25, 0.3) is 12.2 Å². The summed E-state index contributed by atoms with van der Waals surface area (Å²) in [6.45, 7) is 2.89. The normalized spacial score (nSPS) is 16.4. The number of benzene rings is 3. The summed E-state index contributed by atoms with van der Waals surface area (Å²) >= 11 is 0. The van der Waals surface area contributed by atoms with Crippen LogP contribution in [0.5, 0.6) is 0 Å². The molecule has 0 radical (unpaired) electrons. The van der Waals surface area contributed by atoms with Crippen LogP contribution in [0.15, 0.2) is 71.8 Å². The number of anilines is 1. The van der Waals surface area contributed by atoms with Crippen molar-refractivity contribution in [1.82, 2.24) is 20.0 Å². The molecule has 0 atom stereocenters. The highest BCUT2D eigenvalue weighted by Crippen LogP contribution is 2.30. The van der Waals surface area contributed by atoms with E-state index in [0.717, 1.165) is 50.2 Å². The maximum atomic E-state index is 13.9. The van der Waals surface area contributed by atoms with E-state index in [-0.39, 0.29) is 41.1 Å². The van der Waals surface area contributed by atoms with E-state index < -0.39 is 41.0 Å². The van der Waals surface area contributed by atoms with E-state index in [9.17, 15) is 31.9 Å². The van der Waals surface area contributed by atoms with Crippen molar-refractivity contribution in [2.24, 2.45) is 0 Å². The lowest BCUT2D eigenvalue weighted by Gasteiger charge is -2.27. The highest BCUT2D eigenvalue weighted by Gasteiger charge is 2.29. The van der Waals surface area contributed by atoms with Gasteiger partial charge in [0.05, 0.1) is 0 Å². The number of hydrogen-bond donors (Lipinski definition) is 2. The monoisotopic (exact) mass is 693 g/mol. The number of nitrogens with zero attached hydrogens (tertiary/aromatic N) is 3. The molecule has 0 unspecified atom stereocenters. The molecular formula is C38H43F4N5O3. The molecule has 1 aliphatic carbocycles. The van der Waals surface area contributed by atoms with Gasteiger partial charge in [0.1, 0.15) is 0 Å². The van der Waals surface area contributed by atoms with Crippen molar-refractivity contribution in [2.45, 2.75) is 31.7 Å². The van der Waals surface area contributed by atoms with Crippen molar-refractivity contribution in [2.75, 3.05) is 59.7 Å². The Labute approximate surface area is 290 Å². The molecule has 1 aliphatic rings. The summed E-state index contributed by atoms with van der Waals surface area (Å²) in [7, 11) is 7.94. The SMILES string of the molecule is CN(C)CCCN(CCCN(C)C)C(=O)Nc1ccc(C(=O)NC2C/C(=C\c3ccc(F)c(F)c3)C(=O)/C(=C/c3ccc(F)c(F)c3)C2)cc1. The molecule has 0 saturated heterocycles. The van der Waals surface area contributed by atoms with Gasteiger partial charge in [0.15, 0.2) is 29.1 Å². The molecule has 2 N–H and O–H groups in total. The van der Waals surface area contributed by atoms with Gasteiger partial charge in [-0.1, -0.05) is 12.1 Å². The first-order chi connectivity index (χ1) is 23.8. The van der Waals surface area contributed by atoms with Crippen LogP contribution in [0.4, 0.5) is 28.0 Å². The third kappa shape index (κ3) is 11.1. The summed E-state index contributed by atoms with van der Waals surface area (Å²) in [5, 5.41) is 5.85. The number of carbonyl (C=O) groups excluding carboxylic acids is 3. The molecular weight excluding hydrogens is 650 g/mol. The molecule has 4 rings (SSSR count). The molecule has 0 aliphatic heterocycles. The maximum Gasteiger partial charge on any atom is 0.321 e. The molecule has 3 aromatic carbocycles. The minimum absolute atomic E-state index is 0.0876. The summed E-state index contributed by atoms with van der Waals surface area (Å²) in [5.41, 5.74) is 1.77. The van der Waals surface area contributed by atoms with Crippen LogP contribution in [0.3, 0.4) is 0 Å². The Morgan fingerprint density at radius 3 is 1.62 bits per heavy atom. The van der Waals surface area contributed by atoms with Gasteiger partial charge in [-0.05, 0) is 139 Å². The third-order valence-electron chi connectivity index (χ3n) is 8.17. The quantitative estimate of drug-likeness (QED) is 0.156. The smallest absolute Gasteiger partial charge is 0.321 e. The van der Waals surface area contributed by atoms with Crippen molar-refractivity contribution < 1.29 is 31.9 Å². The van der Waals surface area contributed by atoms with E-state index in [0.29, 0.717) is 24.3 Å². The molecule has 266 valence electrons. The molecule has 3 aromatic rings. The van der Waals surface area contributed by atoms with Gasteiger partial charge >= 0.3 is 6.03 Å². The standard InChI is InChI=1S/C38H43F4N5O3/c1-45(2)15-5-17-47(18-6-16-46(3)4)38(50)44-30-11-9-27(10-12-30)37(49)43-31-23-28(19-25-7-13-32(39)34(41)21-25)36(48)29(24-31)20-26-8-14-33(40)35(42)22-26/h7-14,19-22,31H,5-6,15-18,23-24H2,1-4H3,(H,43,49)(H,44,50)/b28-19+,29-20+. The van der Waals surface area contributed by atoms with E-state index in [4.69, 9.17) is 0 Å². The van der Waals surface area contributed by atoms with Crippen LogP contribution in [-0.2, 0) is 4.79 Å². The molecule has 0 aromatic heterocycles. The summed E-state index contributed by atoms with van der Waals surface area (Å²) in [5.74, 6) is -5.07. The predicted molar refractivity (Wildman–Crippen MR) is 188 cm³/mol. The van der Waals surface area contributed by atoms with Gasteiger partial charge in [-0.2, -0.15) is 0 Å². The van der Waals surface area contributed by atoms with Crippen LogP contribution in [0.1, 0.15) is 47.2 Å². The minimum atomic E-state index is -1.08. The van der Waals surface area contributed by atoms with E-state index in [1.807, 2.05) is 28.2 Å². The summed E-state index contributed by atoms with van der Waals surface area (Å²) < 4.78 is 55.0. The Kier molecular flexibility index (Phi) is 13.5. The van der Waals surface area contributed by atoms with E-state index in [1.54, 1.807) is 29.2 Å². The van der Waals surface area contributed by atoms with Gasteiger partial charge in [-0.3, -0.25) is 9.59 Å². The zero-order chi connectivity index (χ0) is 36.4. The van der Waals surface area contributed by atoms with Crippen LogP contribution >= 0.6 is 0 Å². The summed E-state index contributed by atoms with van der Waals surface area (Å²) in [4.78, 5) is 45.9. The number of Topliss-reactive ketones (excluding diaryl/α,β-unsaturated/α-hetero) is 1. The molecule has 0 bridgehead atoms. The second-order valence-electron chi connectivity index (χ2n) is 12.9. The Morgan fingerprint density at radius 1 is 0.700 bits per heavy atom. The molecule has 1 saturated carbocycles. The van der Waals surface area contributed by atoms with Gasteiger partial charge in [0, 0.05) is 41.5 Å². The average Bonchev–Trinajstić information content (AvgIpc) is 3.06. The lowest BCUT2D eigenvalue weighted by Crippen LogP contribution is -2.39. The fourth-order valence-electron chi connectivity index (χ4n) is 5.60. The lowest BCUT2D eigenvalue weighted by molar-refractivity contribution is -0.113. The number of rotatable bonds is 13. The number of nitrogens with one attached hydrogen (secondary N) is 2. The Bertz CT molecular complexity index is 1650. The van der Waals surface area contributed by atoms with Crippen molar-refractivity contribution in [3.63, 3.8) is 0 Å². The van der Waals surface area contributed by atoms with Crippen LogP contribution in [0, 0.1) is 23.3 Å². The first kappa shape index (κ1) is 38.0. The molecule has 8 nitrogen and oxygen atoms in total. The Morgan fingerprint density at radius 2 is 1.18 bits per heavy atom. The maximum absolute atomic E-state index is 13.9. The number of hydrogen-bond acceptors (Lipinski definition) is 5. The summed E-state index contributed by atoms with van der Waals surface area (Å²) in [6, 6.07) is 12.1. The molecule has 3 amide bonds. The molecule has 12 heteroatoms. The molecule has 1 fully saturated rings. The number of ketones is 1. The van der Waals surface area contributed by atoms with Crippen LogP contribution < -0.4 is 10.6 Å². The van der Waals surface area contributed by atoms with Gasteiger partial charge in [0.25, 0.3) is 5.91 Å². The Balaban J connectivity index is 1.49. The van der Waals surface area contributed by atoms with Crippen molar-refractivity contribution in [3.05, 3.63) is 112 Å². The summed E-state index contributed by atoms with van der Waals surface area (Å²) in [6.07, 6.45) is 4.66. The van der Waals surface area contributed by atoms with Gasteiger partial charge in [-0.15, -0.1) is 0 Å². The molecule has 0 heterocycles. The zero-order valence-electron chi connectivity index (χ0n) is 28.7. The number of amides is 3. The largest absolute Gasteiger partial charge is 0.349 e. The molecule has 0 spiro atoms. The zero-order valence-corrected chi connectivity index (χ0v) is 28.7. The van der Waals surface area contributed by atoms with Crippen molar-refractivity contribution in [3.8, 4) is 0 Å². The van der Waals surface area contributed by atoms with Crippen molar-refractivity contribution >= 4 is 35.6 Å². The molecule has 50 heavy (non-hydrogen) atoms. The topological polar surface area (TPSA) is 85.0 Å². The highest BCUT2D eigenvalue weighted by molar-refractivity contribution is 6.14.